The molecule has 6 heteroatoms. The lowest BCUT2D eigenvalue weighted by Crippen LogP contribution is -2.63. The molecule has 1 atom stereocenters. The highest BCUT2D eigenvalue weighted by atomic mass is 16.5. The Hall–Kier alpha value is -2.99. The largest absolute Gasteiger partial charge is 0.494 e. The van der Waals surface area contributed by atoms with Gasteiger partial charge in [-0.1, -0.05) is 24.3 Å². The zero-order valence-electron chi connectivity index (χ0n) is 15.7. The third kappa shape index (κ3) is 3.24. The monoisotopic (exact) mass is 363 g/mol. The summed E-state index contributed by atoms with van der Waals surface area (Å²) in [7, 11) is 2.06. The lowest BCUT2D eigenvalue weighted by Gasteiger charge is -2.47. The Morgan fingerprint density at radius 1 is 1.15 bits per heavy atom. The number of aromatic amines is 1. The lowest BCUT2D eigenvalue weighted by molar-refractivity contribution is 0.339. The van der Waals surface area contributed by atoms with Crippen molar-refractivity contribution in [2.75, 3.05) is 30.4 Å². The van der Waals surface area contributed by atoms with E-state index >= 15 is 0 Å². The smallest absolute Gasteiger partial charge is 0.195 e. The van der Waals surface area contributed by atoms with Gasteiger partial charge in [0.05, 0.1) is 12.8 Å². The van der Waals surface area contributed by atoms with Crippen LogP contribution in [0.2, 0.25) is 0 Å². The van der Waals surface area contributed by atoms with E-state index in [1.165, 1.54) is 11.1 Å². The molecule has 1 unspecified atom stereocenters. The molecule has 0 spiro atoms. The second-order valence-electron chi connectivity index (χ2n) is 6.63. The molecule has 1 aliphatic heterocycles. The van der Waals surface area contributed by atoms with Gasteiger partial charge in [0.15, 0.2) is 5.79 Å². The van der Waals surface area contributed by atoms with Gasteiger partial charge in [-0.3, -0.25) is 10.4 Å². The van der Waals surface area contributed by atoms with Crippen LogP contribution >= 0.6 is 0 Å². The molecular weight excluding hydrogens is 338 g/mol. The molecule has 0 saturated carbocycles. The number of H-pyrrole nitrogens is 1. The first-order valence-corrected chi connectivity index (χ1v) is 9.30. The average Bonchev–Trinajstić information content (AvgIpc) is 3.24. The van der Waals surface area contributed by atoms with Crippen molar-refractivity contribution in [1.82, 2.24) is 15.5 Å². The van der Waals surface area contributed by atoms with E-state index in [1.54, 1.807) is 6.20 Å². The fourth-order valence-corrected chi connectivity index (χ4v) is 3.69. The van der Waals surface area contributed by atoms with Gasteiger partial charge in [-0.05, 0) is 43.2 Å². The summed E-state index contributed by atoms with van der Waals surface area (Å²) in [5.74, 6) is 1.21. The van der Waals surface area contributed by atoms with Crippen molar-refractivity contribution < 1.29 is 4.74 Å². The summed E-state index contributed by atoms with van der Waals surface area (Å²) in [6.45, 7) is 3.52. The van der Waals surface area contributed by atoms with Crippen LogP contribution in [-0.4, -0.2) is 30.4 Å². The van der Waals surface area contributed by atoms with Gasteiger partial charge in [0, 0.05) is 30.9 Å². The van der Waals surface area contributed by atoms with E-state index in [0.29, 0.717) is 6.61 Å². The average molecular weight is 363 g/mol. The molecule has 2 aromatic carbocycles. The van der Waals surface area contributed by atoms with Crippen LogP contribution in [0.4, 0.5) is 11.5 Å². The van der Waals surface area contributed by atoms with Crippen molar-refractivity contribution in [1.29, 1.82) is 0 Å². The molecule has 0 radical (unpaired) electrons. The maximum Gasteiger partial charge on any atom is 0.195 e. The summed E-state index contributed by atoms with van der Waals surface area (Å²) in [5.41, 5.74) is 3.55. The Kier molecular flexibility index (Phi) is 4.73. The lowest BCUT2D eigenvalue weighted by atomic mass is 9.93. The van der Waals surface area contributed by atoms with Crippen LogP contribution in [0.3, 0.4) is 0 Å². The molecule has 0 fully saturated rings. The van der Waals surface area contributed by atoms with Gasteiger partial charge in [-0.25, -0.2) is 0 Å². The molecule has 3 aromatic rings. The normalized spacial score (nSPS) is 18.6. The number of fused-ring (bicyclic) bond motifs is 1. The van der Waals surface area contributed by atoms with Crippen molar-refractivity contribution in [2.24, 2.45) is 0 Å². The first kappa shape index (κ1) is 17.4. The molecular formula is C21H25N5O. The Morgan fingerprint density at radius 2 is 1.96 bits per heavy atom. The summed E-state index contributed by atoms with van der Waals surface area (Å²) < 4.78 is 5.57. The first-order valence-electron chi connectivity index (χ1n) is 9.30. The van der Waals surface area contributed by atoms with Crippen LogP contribution in [0.5, 0.6) is 5.75 Å². The van der Waals surface area contributed by atoms with Crippen LogP contribution in [0.15, 0.2) is 60.8 Å². The minimum atomic E-state index is -0.589. The summed E-state index contributed by atoms with van der Waals surface area (Å²) >= 11 is 0. The molecule has 4 rings (SSSR count). The van der Waals surface area contributed by atoms with Gasteiger partial charge in [0.1, 0.15) is 11.6 Å². The number of benzene rings is 2. The van der Waals surface area contributed by atoms with Crippen molar-refractivity contribution in [3.05, 3.63) is 71.9 Å². The molecule has 2 heterocycles. The second-order valence-corrected chi connectivity index (χ2v) is 6.63. The maximum absolute atomic E-state index is 5.57. The predicted octanol–water partition coefficient (Wildman–Crippen LogP) is 3.31. The van der Waals surface area contributed by atoms with Crippen LogP contribution in [-0.2, 0) is 12.2 Å². The highest BCUT2D eigenvalue weighted by Gasteiger charge is 2.41. The zero-order chi connectivity index (χ0) is 18.7. The summed E-state index contributed by atoms with van der Waals surface area (Å²) in [4.78, 5) is 2.16. The third-order valence-corrected chi connectivity index (χ3v) is 5.02. The Labute approximate surface area is 159 Å². The number of rotatable bonds is 6. The van der Waals surface area contributed by atoms with Crippen LogP contribution in [0, 0.1) is 0 Å². The summed E-state index contributed by atoms with van der Waals surface area (Å²) in [6.07, 6.45) is 2.77. The van der Waals surface area contributed by atoms with E-state index < -0.39 is 5.79 Å². The highest BCUT2D eigenvalue weighted by molar-refractivity contribution is 5.57. The van der Waals surface area contributed by atoms with Crippen molar-refractivity contribution >= 4 is 11.5 Å². The zero-order valence-corrected chi connectivity index (χ0v) is 15.7. The van der Waals surface area contributed by atoms with E-state index in [4.69, 9.17) is 4.74 Å². The third-order valence-electron chi connectivity index (χ3n) is 5.02. The fourth-order valence-electron chi connectivity index (χ4n) is 3.69. The van der Waals surface area contributed by atoms with Crippen LogP contribution in [0.25, 0.3) is 0 Å². The summed E-state index contributed by atoms with van der Waals surface area (Å²) in [6, 6.07) is 18.6. The molecule has 1 aromatic heterocycles. The van der Waals surface area contributed by atoms with E-state index in [-0.39, 0.29) is 0 Å². The van der Waals surface area contributed by atoms with Crippen molar-refractivity contribution in [2.45, 2.75) is 19.1 Å². The van der Waals surface area contributed by atoms with Gasteiger partial charge >= 0.3 is 0 Å². The van der Waals surface area contributed by atoms with Crippen molar-refractivity contribution in [3.8, 4) is 5.75 Å². The predicted molar refractivity (Wildman–Crippen MR) is 108 cm³/mol. The number of ether oxygens (including phenoxy) is 1. The Bertz CT molecular complexity index is 878. The molecule has 27 heavy (non-hydrogen) atoms. The standard InChI is InChI=1S/C21H25N5O/c1-3-27-18-10-8-17(9-11-18)24-21(26(2)20-13-15-23-25-20)19-7-5-4-6-16(19)12-14-22-21/h4-11,13,15,22,24H,3,12,14H2,1-2H3,(H,23,25). The second kappa shape index (κ2) is 7.32. The quantitative estimate of drug-likeness (QED) is 0.587. The molecule has 1 aliphatic rings. The summed E-state index contributed by atoms with van der Waals surface area (Å²) in [5, 5.41) is 14.6. The van der Waals surface area contributed by atoms with Gasteiger partial charge in [-0.15, -0.1) is 0 Å². The number of nitrogens with zero attached hydrogens (tertiary/aromatic N) is 2. The van der Waals surface area contributed by atoms with E-state index in [2.05, 4.69) is 57.0 Å². The number of anilines is 2. The molecule has 0 aliphatic carbocycles. The number of hydrogen-bond donors (Lipinski definition) is 3. The van der Waals surface area contributed by atoms with E-state index in [9.17, 15) is 0 Å². The maximum atomic E-state index is 5.57. The topological polar surface area (TPSA) is 65.2 Å². The molecule has 0 bridgehead atoms. The number of hydrogen-bond acceptors (Lipinski definition) is 5. The fraction of sp³-hybridized carbons (Fsp3) is 0.286. The number of aromatic nitrogens is 2. The highest BCUT2D eigenvalue weighted by Crippen LogP contribution is 2.35. The van der Waals surface area contributed by atoms with Gasteiger partial charge in [0.2, 0.25) is 0 Å². The first-order chi connectivity index (χ1) is 13.2. The van der Waals surface area contributed by atoms with E-state index in [0.717, 1.165) is 30.2 Å². The molecule has 0 saturated heterocycles. The van der Waals surface area contributed by atoms with Crippen molar-refractivity contribution in [3.63, 3.8) is 0 Å². The Balaban J connectivity index is 1.75. The molecule has 3 N–H and O–H groups in total. The minimum absolute atomic E-state index is 0.589. The molecule has 6 nitrogen and oxygen atoms in total. The van der Waals surface area contributed by atoms with Gasteiger partial charge in [0.25, 0.3) is 0 Å². The SMILES string of the molecule is CCOc1ccc(NC2(N(C)c3ccn[nH]3)NCCc3ccccc32)cc1. The number of nitrogens with one attached hydrogen (secondary N) is 3. The van der Waals surface area contributed by atoms with Crippen LogP contribution in [0.1, 0.15) is 18.1 Å². The molecule has 140 valence electrons. The van der Waals surface area contributed by atoms with Gasteiger partial charge in [-0.2, -0.15) is 5.10 Å². The van der Waals surface area contributed by atoms with Crippen LogP contribution < -0.4 is 20.3 Å². The molecule has 0 amide bonds. The Morgan fingerprint density at radius 3 is 2.70 bits per heavy atom. The van der Waals surface area contributed by atoms with Gasteiger partial charge < -0.3 is 15.0 Å². The van der Waals surface area contributed by atoms with E-state index in [1.807, 2.05) is 37.3 Å². The minimum Gasteiger partial charge on any atom is -0.494 e.